The fourth-order valence-corrected chi connectivity index (χ4v) is 9.24. The van der Waals surface area contributed by atoms with Crippen LogP contribution in [-0.2, 0) is 6.54 Å². The minimum Gasteiger partial charge on any atom is -0.375 e. The SMILES string of the molecule is c1ccc2c(C[n+]3[n-]c(-c4cccc5c4sc4ccccc45)nc3N3c4ccc5ccccc5c4-c4cccc5cccc3c45)cccc2c1. The van der Waals surface area contributed by atoms with Crippen LogP contribution >= 0.6 is 11.3 Å². The van der Waals surface area contributed by atoms with Crippen LogP contribution in [0.2, 0.25) is 0 Å². The highest BCUT2D eigenvalue weighted by Gasteiger charge is 2.32. The van der Waals surface area contributed by atoms with Gasteiger partial charge in [0, 0.05) is 31.1 Å². The molecule has 0 saturated carbocycles. The zero-order valence-electron chi connectivity index (χ0n) is 26.9. The Kier molecular flexibility index (Phi) is 5.86. The summed E-state index contributed by atoms with van der Waals surface area (Å²) in [6.45, 7) is 0.573. The Morgan fingerprint density at radius 1 is 0.540 bits per heavy atom. The molecule has 0 amide bonds. The van der Waals surface area contributed by atoms with Crippen LogP contribution in [0.5, 0.6) is 0 Å². The highest BCUT2D eigenvalue weighted by atomic mass is 32.1. The molecular weight excluding hydrogens is 629 g/mol. The topological polar surface area (TPSA) is 34.1 Å². The van der Waals surface area contributed by atoms with Crippen molar-refractivity contribution in [1.29, 1.82) is 0 Å². The summed E-state index contributed by atoms with van der Waals surface area (Å²) >= 11 is 1.81. The first-order chi connectivity index (χ1) is 24.8. The highest BCUT2D eigenvalue weighted by molar-refractivity contribution is 7.26. The molecule has 1 aliphatic rings. The second kappa shape index (κ2) is 10.6. The Bertz CT molecular complexity index is 2980. The number of thiophene rings is 1. The van der Waals surface area contributed by atoms with Gasteiger partial charge in [-0.15, -0.1) is 11.3 Å². The number of anilines is 3. The molecule has 8 aromatic carbocycles. The Labute approximate surface area is 292 Å². The molecule has 5 heteroatoms. The third kappa shape index (κ3) is 3.98. The van der Waals surface area contributed by atoms with E-state index in [0.717, 1.165) is 28.7 Å². The van der Waals surface area contributed by atoms with Crippen molar-refractivity contribution in [2.45, 2.75) is 6.54 Å². The van der Waals surface area contributed by atoms with Crippen LogP contribution in [-0.4, -0.2) is 4.98 Å². The van der Waals surface area contributed by atoms with Crippen molar-refractivity contribution in [2.24, 2.45) is 0 Å². The highest BCUT2D eigenvalue weighted by Crippen LogP contribution is 2.52. The van der Waals surface area contributed by atoms with E-state index in [0.29, 0.717) is 6.54 Å². The van der Waals surface area contributed by atoms with Crippen molar-refractivity contribution in [3.05, 3.63) is 163 Å². The average Bonchev–Trinajstić information content (AvgIpc) is 3.76. The Balaban J connectivity index is 1.22. The van der Waals surface area contributed by atoms with Crippen LogP contribution < -0.4 is 14.7 Å². The number of benzene rings is 8. The van der Waals surface area contributed by atoms with E-state index in [-0.39, 0.29) is 0 Å². The van der Waals surface area contributed by atoms with Gasteiger partial charge in [0.05, 0.1) is 6.54 Å². The smallest absolute Gasteiger partial charge is 0.229 e. The van der Waals surface area contributed by atoms with Gasteiger partial charge in [-0.05, 0) is 67.6 Å². The Hall–Kier alpha value is -6.30. The van der Waals surface area contributed by atoms with Gasteiger partial charge in [0.25, 0.3) is 0 Å². The van der Waals surface area contributed by atoms with Crippen molar-refractivity contribution in [3.8, 4) is 22.5 Å². The maximum Gasteiger partial charge on any atom is 0.229 e. The molecule has 0 spiro atoms. The first kappa shape index (κ1) is 27.6. The number of nitrogens with zero attached hydrogens (tertiary/aromatic N) is 4. The maximum atomic E-state index is 5.52. The molecule has 0 radical (unpaired) electrons. The van der Waals surface area contributed by atoms with Crippen LogP contribution in [0, 0.1) is 0 Å². The summed E-state index contributed by atoms with van der Waals surface area (Å²) in [6.07, 6.45) is 0. The maximum absolute atomic E-state index is 5.52. The summed E-state index contributed by atoms with van der Waals surface area (Å²) in [4.78, 5) is 7.87. The molecule has 4 nitrogen and oxygen atoms in total. The van der Waals surface area contributed by atoms with Crippen LogP contribution in [0.25, 0.3) is 75.0 Å². The van der Waals surface area contributed by atoms with Crippen molar-refractivity contribution in [1.82, 2.24) is 10.1 Å². The van der Waals surface area contributed by atoms with E-state index in [2.05, 4.69) is 167 Å². The zero-order valence-corrected chi connectivity index (χ0v) is 27.7. The molecular formula is C45H28N4S. The molecule has 0 aliphatic carbocycles. The fourth-order valence-electron chi connectivity index (χ4n) is 8.02. The van der Waals surface area contributed by atoms with Crippen molar-refractivity contribution in [3.63, 3.8) is 0 Å². The predicted octanol–water partition coefficient (Wildman–Crippen LogP) is 11.3. The van der Waals surface area contributed by atoms with E-state index >= 15 is 0 Å². The van der Waals surface area contributed by atoms with Crippen LogP contribution in [0.1, 0.15) is 5.56 Å². The lowest BCUT2D eigenvalue weighted by atomic mass is 9.88. The summed E-state index contributed by atoms with van der Waals surface area (Å²) in [5.41, 5.74) is 6.94. The molecule has 2 aromatic heterocycles. The normalized spacial score (nSPS) is 12.4. The van der Waals surface area contributed by atoms with Gasteiger partial charge in [0.15, 0.2) is 0 Å². The molecule has 0 saturated heterocycles. The molecule has 0 fully saturated rings. The first-order valence-electron chi connectivity index (χ1n) is 17.0. The molecule has 0 unspecified atom stereocenters. The lowest BCUT2D eigenvalue weighted by molar-refractivity contribution is -0.734. The lowest BCUT2D eigenvalue weighted by Crippen LogP contribution is -2.43. The zero-order chi connectivity index (χ0) is 32.8. The van der Waals surface area contributed by atoms with Gasteiger partial charge in [-0.2, -0.15) is 0 Å². The minimum absolute atomic E-state index is 0.573. The fraction of sp³-hybridized carbons (Fsp3) is 0.0222. The Morgan fingerprint density at radius 2 is 1.20 bits per heavy atom. The molecule has 234 valence electrons. The molecule has 3 heterocycles. The monoisotopic (exact) mass is 656 g/mol. The number of hydrogen-bond acceptors (Lipinski definition) is 3. The van der Waals surface area contributed by atoms with Crippen molar-refractivity contribution < 1.29 is 4.68 Å². The van der Waals surface area contributed by atoms with E-state index in [4.69, 9.17) is 10.1 Å². The molecule has 0 N–H and O–H groups in total. The number of fused-ring (bicyclic) bond motifs is 8. The lowest BCUT2D eigenvalue weighted by Gasteiger charge is -2.31. The van der Waals surface area contributed by atoms with E-state index in [1.807, 2.05) is 11.3 Å². The summed E-state index contributed by atoms with van der Waals surface area (Å²) in [6, 6.07) is 56.8. The van der Waals surface area contributed by atoms with Gasteiger partial charge in [-0.3, -0.25) is 4.68 Å². The van der Waals surface area contributed by atoms with Gasteiger partial charge in [0.2, 0.25) is 5.95 Å². The van der Waals surface area contributed by atoms with Gasteiger partial charge >= 0.3 is 0 Å². The van der Waals surface area contributed by atoms with Crippen molar-refractivity contribution in [2.75, 3.05) is 4.90 Å². The van der Waals surface area contributed by atoms with Gasteiger partial charge in [0.1, 0.15) is 11.4 Å². The summed E-state index contributed by atoms with van der Waals surface area (Å²) in [5, 5.41) is 15.2. The molecule has 11 rings (SSSR count). The van der Waals surface area contributed by atoms with Gasteiger partial charge < -0.3 is 10.1 Å². The van der Waals surface area contributed by atoms with Crippen LogP contribution in [0.3, 0.4) is 0 Å². The van der Waals surface area contributed by atoms with Crippen LogP contribution in [0.15, 0.2) is 158 Å². The van der Waals surface area contributed by atoms with Gasteiger partial charge in [-0.25, -0.2) is 4.90 Å². The Morgan fingerprint density at radius 3 is 2.10 bits per heavy atom. The third-order valence-electron chi connectivity index (χ3n) is 10.2. The summed E-state index contributed by atoms with van der Waals surface area (Å²) in [5.74, 6) is 1.52. The van der Waals surface area contributed by atoms with E-state index < -0.39 is 0 Å². The van der Waals surface area contributed by atoms with Gasteiger partial charge in [-0.1, -0.05) is 140 Å². The molecule has 0 atom stereocenters. The third-order valence-corrected chi connectivity index (χ3v) is 11.5. The van der Waals surface area contributed by atoms with E-state index in [1.165, 1.54) is 69.2 Å². The quantitative estimate of drug-likeness (QED) is 0.177. The largest absolute Gasteiger partial charge is 0.375 e. The number of hydrogen-bond donors (Lipinski definition) is 0. The molecule has 1 aliphatic heterocycles. The molecule has 50 heavy (non-hydrogen) atoms. The van der Waals surface area contributed by atoms with Crippen molar-refractivity contribution >= 4 is 81.1 Å². The number of rotatable bonds is 4. The summed E-state index contributed by atoms with van der Waals surface area (Å²) < 4.78 is 4.60. The van der Waals surface area contributed by atoms with E-state index in [1.54, 1.807) is 0 Å². The molecule has 0 bridgehead atoms. The predicted molar refractivity (Wildman–Crippen MR) is 208 cm³/mol. The van der Waals surface area contributed by atoms with E-state index in [9.17, 15) is 0 Å². The second-order valence-electron chi connectivity index (χ2n) is 13.0. The average molecular weight is 657 g/mol. The second-order valence-corrected chi connectivity index (χ2v) is 14.1. The molecule has 10 aromatic rings. The standard InChI is InChI=1S/C45H28N4S/c1-3-17-32-28(11-1)13-7-16-31(32)27-48-45(46-44(47-48)37-22-10-20-35-34-19-5-6-24-40(34)50-43(35)37)49-38-23-9-15-30-14-8-21-36(41(30)38)42-33-18-4-2-12-29(33)25-26-39(42)49/h1-26H,27H2. The minimum atomic E-state index is 0.573. The first-order valence-corrected chi connectivity index (χ1v) is 17.8. The van der Waals surface area contributed by atoms with Crippen LogP contribution in [0.4, 0.5) is 17.3 Å². The number of aromatic nitrogens is 3. The summed E-state index contributed by atoms with van der Waals surface area (Å²) in [7, 11) is 0.